The van der Waals surface area contributed by atoms with E-state index < -0.39 is 0 Å². The molecule has 1 amide bonds. The second-order valence-electron chi connectivity index (χ2n) is 6.47. The van der Waals surface area contributed by atoms with E-state index in [9.17, 15) is 4.79 Å². The lowest BCUT2D eigenvalue weighted by atomic mass is 10.0. The van der Waals surface area contributed by atoms with Crippen molar-refractivity contribution in [2.24, 2.45) is 0 Å². The first-order chi connectivity index (χ1) is 13.6. The zero-order valence-electron chi connectivity index (χ0n) is 15.9. The van der Waals surface area contributed by atoms with Crippen LogP contribution in [0, 0.1) is 13.8 Å². The van der Waals surface area contributed by atoms with Gasteiger partial charge in [-0.15, -0.1) is 0 Å². The number of methoxy groups -OCH3 is 1. The fraction of sp³-hybridized carbons (Fsp3) is 0.182. The molecule has 1 N–H and O–H groups in total. The molecule has 6 nitrogen and oxygen atoms in total. The molecule has 0 bridgehead atoms. The van der Waals surface area contributed by atoms with E-state index in [0.717, 1.165) is 28.0 Å². The number of carbonyl (C=O) groups excluding carboxylic acids is 1. The Balaban J connectivity index is 1.73. The third-order valence-corrected chi connectivity index (χ3v) is 4.64. The predicted octanol–water partition coefficient (Wildman–Crippen LogP) is 4.64. The molecule has 142 valence electrons. The fourth-order valence-electron chi connectivity index (χ4n) is 3.11. The van der Waals surface area contributed by atoms with Gasteiger partial charge < -0.3 is 18.9 Å². The van der Waals surface area contributed by atoms with Crippen LogP contribution in [0.4, 0.5) is 0 Å². The summed E-state index contributed by atoms with van der Waals surface area (Å²) >= 11 is 0. The van der Waals surface area contributed by atoms with Crippen LogP contribution in [-0.2, 0) is 6.54 Å². The summed E-state index contributed by atoms with van der Waals surface area (Å²) in [5.41, 5.74) is 3.05. The Morgan fingerprint density at radius 1 is 1.11 bits per heavy atom. The summed E-state index contributed by atoms with van der Waals surface area (Å²) in [6.45, 7) is 3.89. The molecule has 2 heterocycles. The second-order valence-corrected chi connectivity index (χ2v) is 6.47. The summed E-state index contributed by atoms with van der Waals surface area (Å²) in [5.74, 6) is 1.78. The highest BCUT2D eigenvalue weighted by Gasteiger charge is 2.22. The van der Waals surface area contributed by atoms with E-state index in [4.69, 9.17) is 13.6 Å². The molecule has 0 aliphatic heterocycles. The Hall–Kier alpha value is -3.54. The Bertz CT molecular complexity index is 1120. The molecule has 6 heteroatoms. The Morgan fingerprint density at radius 3 is 2.57 bits per heavy atom. The van der Waals surface area contributed by atoms with Crippen molar-refractivity contribution in [3.05, 3.63) is 71.6 Å². The van der Waals surface area contributed by atoms with Crippen LogP contribution in [0.1, 0.15) is 27.9 Å². The van der Waals surface area contributed by atoms with Crippen LogP contribution in [-0.4, -0.2) is 18.0 Å². The molecule has 0 atom stereocenters. The van der Waals surface area contributed by atoms with Gasteiger partial charge in [0.15, 0.2) is 0 Å². The minimum Gasteiger partial charge on any atom is -0.497 e. The summed E-state index contributed by atoms with van der Waals surface area (Å²) in [5, 5.41) is 3.68. The van der Waals surface area contributed by atoms with Gasteiger partial charge in [0.05, 0.1) is 19.3 Å². The number of oxazole rings is 1. The van der Waals surface area contributed by atoms with Gasteiger partial charge in [-0.3, -0.25) is 4.79 Å². The molecule has 2 aromatic heterocycles. The van der Waals surface area contributed by atoms with Crippen molar-refractivity contribution in [2.75, 3.05) is 7.11 Å². The van der Waals surface area contributed by atoms with Gasteiger partial charge in [0.2, 0.25) is 11.7 Å². The van der Waals surface area contributed by atoms with Crippen molar-refractivity contribution in [3.63, 3.8) is 0 Å². The number of benzene rings is 2. The highest BCUT2D eigenvalue weighted by atomic mass is 16.5. The maximum absolute atomic E-state index is 12.9. The number of furan rings is 1. The van der Waals surface area contributed by atoms with Gasteiger partial charge in [-0.05, 0) is 31.5 Å². The summed E-state index contributed by atoms with van der Waals surface area (Å²) < 4.78 is 16.7. The largest absolute Gasteiger partial charge is 0.497 e. The summed E-state index contributed by atoms with van der Waals surface area (Å²) in [7, 11) is 1.59. The summed E-state index contributed by atoms with van der Waals surface area (Å²) in [6, 6.07) is 15.2. The normalized spacial score (nSPS) is 11.0. The minimum atomic E-state index is -0.331. The first-order valence-corrected chi connectivity index (χ1v) is 8.94. The third kappa shape index (κ3) is 3.24. The van der Waals surface area contributed by atoms with E-state index in [1.807, 2.05) is 56.3 Å². The quantitative estimate of drug-likeness (QED) is 0.549. The average molecular weight is 376 g/mol. The zero-order valence-corrected chi connectivity index (χ0v) is 15.9. The SMILES string of the molecule is COc1ccc2c(-c3ccccc3)c(C(=O)NCc3nc(C)c(C)o3)oc2c1. The van der Waals surface area contributed by atoms with Crippen molar-refractivity contribution in [1.82, 2.24) is 10.3 Å². The lowest BCUT2D eigenvalue weighted by molar-refractivity contribution is 0.0922. The fourth-order valence-corrected chi connectivity index (χ4v) is 3.11. The highest BCUT2D eigenvalue weighted by molar-refractivity contribution is 6.08. The molecular weight excluding hydrogens is 356 g/mol. The van der Waals surface area contributed by atoms with Crippen LogP contribution in [0.15, 0.2) is 57.4 Å². The van der Waals surface area contributed by atoms with Crippen molar-refractivity contribution in [1.29, 1.82) is 0 Å². The van der Waals surface area contributed by atoms with Gasteiger partial charge in [-0.1, -0.05) is 30.3 Å². The number of nitrogens with one attached hydrogen (secondary N) is 1. The molecule has 4 rings (SSSR count). The molecule has 2 aromatic carbocycles. The molecule has 0 radical (unpaired) electrons. The molecule has 0 spiro atoms. The lowest BCUT2D eigenvalue weighted by Crippen LogP contribution is -2.23. The van der Waals surface area contributed by atoms with Crippen LogP contribution in [0.3, 0.4) is 0 Å². The van der Waals surface area contributed by atoms with Crippen molar-refractivity contribution < 1.29 is 18.4 Å². The number of rotatable bonds is 5. The number of ether oxygens (including phenoxy) is 1. The smallest absolute Gasteiger partial charge is 0.288 e. The van der Waals surface area contributed by atoms with Gasteiger partial charge in [-0.25, -0.2) is 4.98 Å². The molecular formula is C22H20N2O4. The van der Waals surface area contributed by atoms with Crippen LogP contribution < -0.4 is 10.1 Å². The maximum Gasteiger partial charge on any atom is 0.288 e. The number of aryl methyl sites for hydroxylation is 2. The molecule has 28 heavy (non-hydrogen) atoms. The third-order valence-electron chi connectivity index (χ3n) is 4.64. The van der Waals surface area contributed by atoms with Gasteiger partial charge >= 0.3 is 0 Å². The predicted molar refractivity (Wildman–Crippen MR) is 105 cm³/mol. The molecule has 0 unspecified atom stereocenters. The lowest BCUT2D eigenvalue weighted by Gasteiger charge is -2.04. The molecule has 0 aliphatic rings. The van der Waals surface area contributed by atoms with Gasteiger partial charge in [0, 0.05) is 17.0 Å². The Morgan fingerprint density at radius 2 is 1.89 bits per heavy atom. The number of hydrogen-bond acceptors (Lipinski definition) is 5. The second kappa shape index (κ2) is 7.23. The van der Waals surface area contributed by atoms with Gasteiger partial charge in [0.25, 0.3) is 5.91 Å². The summed E-state index contributed by atoms with van der Waals surface area (Å²) in [6.07, 6.45) is 0. The number of fused-ring (bicyclic) bond motifs is 1. The standard InChI is InChI=1S/C22H20N2O4/c1-13-14(2)27-19(24-13)12-23-22(25)21-20(15-7-5-4-6-8-15)17-10-9-16(26-3)11-18(17)28-21/h4-11H,12H2,1-3H3,(H,23,25). The number of nitrogens with zero attached hydrogens (tertiary/aromatic N) is 1. The van der Waals surface area contributed by atoms with Crippen molar-refractivity contribution in [3.8, 4) is 16.9 Å². The van der Waals surface area contributed by atoms with E-state index in [1.54, 1.807) is 13.2 Å². The molecule has 0 saturated carbocycles. The first-order valence-electron chi connectivity index (χ1n) is 8.94. The Kier molecular flexibility index (Phi) is 4.61. The van der Waals surface area contributed by atoms with E-state index in [-0.39, 0.29) is 18.2 Å². The maximum atomic E-state index is 12.9. The summed E-state index contributed by atoms with van der Waals surface area (Å²) in [4.78, 5) is 17.2. The van der Waals surface area contributed by atoms with Crippen LogP contribution >= 0.6 is 0 Å². The first kappa shape index (κ1) is 17.9. The number of amides is 1. The molecule has 0 aliphatic carbocycles. The van der Waals surface area contributed by atoms with E-state index in [1.165, 1.54) is 0 Å². The van der Waals surface area contributed by atoms with Crippen LogP contribution in [0.2, 0.25) is 0 Å². The monoisotopic (exact) mass is 376 g/mol. The minimum absolute atomic E-state index is 0.183. The molecule has 0 saturated heterocycles. The zero-order chi connectivity index (χ0) is 19.7. The molecule has 0 fully saturated rings. The van der Waals surface area contributed by atoms with E-state index in [2.05, 4.69) is 10.3 Å². The number of aromatic nitrogens is 1. The number of carbonyl (C=O) groups is 1. The van der Waals surface area contributed by atoms with Gasteiger partial charge in [-0.2, -0.15) is 0 Å². The molecule has 4 aromatic rings. The average Bonchev–Trinajstić information content (AvgIpc) is 3.25. The highest BCUT2D eigenvalue weighted by Crippen LogP contribution is 2.36. The Labute approximate surface area is 162 Å². The topological polar surface area (TPSA) is 77.5 Å². The number of hydrogen-bond donors (Lipinski definition) is 1. The van der Waals surface area contributed by atoms with E-state index in [0.29, 0.717) is 17.2 Å². The van der Waals surface area contributed by atoms with Crippen LogP contribution in [0.5, 0.6) is 5.75 Å². The van der Waals surface area contributed by atoms with Crippen molar-refractivity contribution in [2.45, 2.75) is 20.4 Å². The van der Waals surface area contributed by atoms with Crippen molar-refractivity contribution >= 4 is 16.9 Å². The van der Waals surface area contributed by atoms with E-state index >= 15 is 0 Å². The van der Waals surface area contributed by atoms with Gasteiger partial charge in [0.1, 0.15) is 17.1 Å². The van der Waals surface area contributed by atoms with Crippen LogP contribution in [0.25, 0.3) is 22.1 Å².